The minimum atomic E-state index is 0.586. The standard InChI is InChI=1S/C10H16ClNS2/c1-8(3-4-13-2)12-6-10-5-9(11)7-14-10/h5,7-8,12H,3-4,6H2,1-2H3. The van der Waals surface area contributed by atoms with Crippen LogP contribution in [0, 0.1) is 0 Å². The Morgan fingerprint density at radius 1 is 1.64 bits per heavy atom. The smallest absolute Gasteiger partial charge is 0.0516 e. The first-order valence-electron chi connectivity index (χ1n) is 4.67. The molecule has 1 heterocycles. The Labute approximate surface area is 99.2 Å². The predicted octanol–water partition coefficient (Wildman–Crippen LogP) is 3.63. The number of halogens is 1. The number of nitrogens with one attached hydrogen (secondary N) is 1. The van der Waals surface area contributed by atoms with Crippen molar-refractivity contribution < 1.29 is 0 Å². The molecule has 1 nitrogen and oxygen atoms in total. The molecule has 0 saturated carbocycles. The van der Waals surface area contributed by atoms with Crippen molar-refractivity contribution in [1.29, 1.82) is 0 Å². The molecular weight excluding hydrogens is 234 g/mol. The molecule has 0 aliphatic heterocycles. The molecule has 0 aliphatic rings. The Morgan fingerprint density at radius 2 is 2.43 bits per heavy atom. The summed E-state index contributed by atoms with van der Waals surface area (Å²) in [6.45, 7) is 3.17. The lowest BCUT2D eigenvalue weighted by atomic mass is 10.2. The van der Waals surface area contributed by atoms with Gasteiger partial charge >= 0.3 is 0 Å². The number of thioether (sulfide) groups is 1. The molecule has 1 N–H and O–H groups in total. The van der Waals surface area contributed by atoms with Crippen molar-refractivity contribution in [1.82, 2.24) is 5.32 Å². The Bertz CT molecular complexity index is 262. The first-order valence-corrected chi connectivity index (χ1v) is 7.32. The van der Waals surface area contributed by atoms with Gasteiger partial charge in [-0.15, -0.1) is 11.3 Å². The molecule has 0 aliphatic carbocycles. The van der Waals surface area contributed by atoms with Crippen LogP contribution in [0.1, 0.15) is 18.2 Å². The molecule has 0 spiro atoms. The molecule has 4 heteroatoms. The zero-order chi connectivity index (χ0) is 10.4. The third-order valence-corrected chi connectivity index (χ3v) is 3.93. The van der Waals surface area contributed by atoms with Crippen LogP contribution >= 0.6 is 34.7 Å². The van der Waals surface area contributed by atoms with E-state index in [4.69, 9.17) is 11.6 Å². The van der Waals surface area contributed by atoms with E-state index in [0.717, 1.165) is 11.6 Å². The normalized spacial score (nSPS) is 13.1. The molecule has 0 radical (unpaired) electrons. The molecule has 0 bridgehead atoms. The van der Waals surface area contributed by atoms with Crippen molar-refractivity contribution in [3.63, 3.8) is 0 Å². The third-order valence-electron chi connectivity index (χ3n) is 2.00. The largest absolute Gasteiger partial charge is 0.309 e. The Kier molecular flexibility index (Phi) is 5.94. The summed E-state index contributed by atoms with van der Waals surface area (Å²) in [5.74, 6) is 1.22. The van der Waals surface area contributed by atoms with E-state index in [9.17, 15) is 0 Å². The number of rotatable bonds is 6. The third kappa shape index (κ3) is 4.69. The maximum atomic E-state index is 5.84. The summed E-state index contributed by atoms with van der Waals surface area (Å²) in [5, 5.41) is 6.31. The highest BCUT2D eigenvalue weighted by Crippen LogP contribution is 2.18. The summed E-state index contributed by atoms with van der Waals surface area (Å²) in [6.07, 6.45) is 3.37. The van der Waals surface area contributed by atoms with Gasteiger partial charge in [0, 0.05) is 22.8 Å². The Balaban J connectivity index is 2.20. The monoisotopic (exact) mass is 249 g/mol. The average Bonchev–Trinajstić information content (AvgIpc) is 2.58. The van der Waals surface area contributed by atoms with Crippen molar-refractivity contribution >= 4 is 34.7 Å². The van der Waals surface area contributed by atoms with E-state index in [0.29, 0.717) is 6.04 Å². The fourth-order valence-corrected chi connectivity index (χ4v) is 2.73. The first kappa shape index (κ1) is 12.4. The van der Waals surface area contributed by atoms with E-state index in [1.54, 1.807) is 11.3 Å². The van der Waals surface area contributed by atoms with Crippen LogP contribution in [0.2, 0.25) is 5.02 Å². The second-order valence-corrected chi connectivity index (χ2v) is 5.71. The van der Waals surface area contributed by atoms with E-state index in [1.165, 1.54) is 17.1 Å². The average molecular weight is 250 g/mol. The van der Waals surface area contributed by atoms with Gasteiger partial charge in [-0.05, 0) is 31.4 Å². The molecule has 1 rings (SSSR count). The maximum Gasteiger partial charge on any atom is 0.0516 e. The summed E-state index contributed by atoms with van der Waals surface area (Å²) in [7, 11) is 0. The van der Waals surface area contributed by atoms with Gasteiger partial charge in [-0.3, -0.25) is 0 Å². The van der Waals surface area contributed by atoms with Crippen LogP contribution in [-0.4, -0.2) is 18.1 Å². The number of thiophene rings is 1. The van der Waals surface area contributed by atoms with Gasteiger partial charge in [-0.2, -0.15) is 11.8 Å². The first-order chi connectivity index (χ1) is 6.72. The van der Waals surface area contributed by atoms with Crippen molar-refractivity contribution in [2.45, 2.75) is 25.9 Å². The van der Waals surface area contributed by atoms with E-state index in [2.05, 4.69) is 18.5 Å². The summed E-state index contributed by atoms with van der Waals surface area (Å²) < 4.78 is 0. The fraction of sp³-hybridized carbons (Fsp3) is 0.600. The summed E-state index contributed by atoms with van der Waals surface area (Å²) in [5.41, 5.74) is 0. The van der Waals surface area contributed by atoms with Crippen molar-refractivity contribution in [3.05, 3.63) is 21.3 Å². The Hall–Kier alpha value is 0.300. The second-order valence-electron chi connectivity index (χ2n) is 3.29. The molecule has 1 aromatic rings. The predicted molar refractivity (Wildman–Crippen MR) is 68.6 cm³/mol. The Morgan fingerprint density at radius 3 is 3.00 bits per heavy atom. The minimum Gasteiger partial charge on any atom is -0.309 e. The molecule has 80 valence electrons. The van der Waals surface area contributed by atoms with Gasteiger partial charge in [0.05, 0.1) is 5.02 Å². The lowest BCUT2D eigenvalue weighted by Crippen LogP contribution is -2.25. The zero-order valence-corrected chi connectivity index (χ0v) is 10.9. The van der Waals surface area contributed by atoms with Crippen LogP contribution in [0.15, 0.2) is 11.4 Å². The van der Waals surface area contributed by atoms with Crippen LogP contribution in [-0.2, 0) is 6.54 Å². The van der Waals surface area contributed by atoms with E-state index >= 15 is 0 Å². The highest BCUT2D eigenvalue weighted by molar-refractivity contribution is 7.98. The number of hydrogen-bond donors (Lipinski definition) is 1. The van der Waals surface area contributed by atoms with Gasteiger partial charge in [-0.1, -0.05) is 11.6 Å². The van der Waals surface area contributed by atoms with Gasteiger partial charge in [0.15, 0.2) is 0 Å². The van der Waals surface area contributed by atoms with Crippen LogP contribution < -0.4 is 5.32 Å². The molecule has 0 saturated heterocycles. The van der Waals surface area contributed by atoms with Gasteiger partial charge in [-0.25, -0.2) is 0 Å². The van der Waals surface area contributed by atoms with Crippen LogP contribution in [0.4, 0.5) is 0 Å². The van der Waals surface area contributed by atoms with Crippen LogP contribution in [0.5, 0.6) is 0 Å². The molecule has 14 heavy (non-hydrogen) atoms. The highest BCUT2D eigenvalue weighted by atomic mass is 35.5. The summed E-state index contributed by atoms with van der Waals surface area (Å²) in [6, 6.07) is 2.61. The van der Waals surface area contributed by atoms with Crippen LogP contribution in [0.25, 0.3) is 0 Å². The molecular formula is C10H16ClNS2. The number of hydrogen-bond acceptors (Lipinski definition) is 3. The van der Waals surface area contributed by atoms with E-state index < -0.39 is 0 Å². The second kappa shape index (κ2) is 6.72. The molecule has 1 atom stereocenters. The highest BCUT2D eigenvalue weighted by Gasteiger charge is 2.02. The van der Waals surface area contributed by atoms with Gasteiger partial charge in [0.1, 0.15) is 0 Å². The van der Waals surface area contributed by atoms with E-state index in [-0.39, 0.29) is 0 Å². The summed E-state index contributed by atoms with van der Waals surface area (Å²) in [4.78, 5) is 1.31. The van der Waals surface area contributed by atoms with Crippen molar-refractivity contribution in [2.75, 3.05) is 12.0 Å². The SMILES string of the molecule is CSCCC(C)NCc1cc(Cl)cs1. The van der Waals surface area contributed by atoms with Gasteiger partial charge in [0.2, 0.25) is 0 Å². The lowest BCUT2D eigenvalue weighted by Gasteiger charge is -2.11. The molecule has 1 unspecified atom stereocenters. The maximum absolute atomic E-state index is 5.84. The fourth-order valence-electron chi connectivity index (χ4n) is 1.12. The van der Waals surface area contributed by atoms with E-state index in [1.807, 2.05) is 23.2 Å². The van der Waals surface area contributed by atoms with Gasteiger partial charge in [0.25, 0.3) is 0 Å². The quantitative estimate of drug-likeness (QED) is 0.826. The minimum absolute atomic E-state index is 0.586. The molecule has 0 fully saturated rings. The molecule has 0 amide bonds. The molecule has 0 aromatic carbocycles. The molecule has 1 aromatic heterocycles. The topological polar surface area (TPSA) is 12.0 Å². The summed E-state index contributed by atoms with van der Waals surface area (Å²) >= 11 is 9.45. The lowest BCUT2D eigenvalue weighted by molar-refractivity contribution is 0.541. The van der Waals surface area contributed by atoms with Crippen molar-refractivity contribution in [3.8, 4) is 0 Å². The van der Waals surface area contributed by atoms with Crippen LogP contribution in [0.3, 0.4) is 0 Å². The van der Waals surface area contributed by atoms with Gasteiger partial charge < -0.3 is 5.32 Å². The zero-order valence-electron chi connectivity index (χ0n) is 8.55. The van der Waals surface area contributed by atoms with Crippen molar-refractivity contribution in [2.24, 2.45) is 0 Å².